The molecule has 2 N–H and O–H groups in total. The number of nitrogens with zero attached hydrogens (tertiary/aromatic N) is 2. The summed E-state index contributed by atoms with van der Waals surface area (Å²) < 4.78 is 7.91. The lowest BCUT2D eigenvalue weighted by Gasteiger charge is -2.12. The zero-order valence-electron chi connectivity index (χ0n) is 12.9. The second-order valence-corrected chi connectivity index (χ2v) is 5.55. The quantitative estimate of drug-likeness (QED) is 0.931. The average Bonchev–Trinajstić information content (AvgIpc) is 2.60. The number of rotatable bonds is 4. The molecule has 1 aromatic heterocycles. The molecule has 1 atom stereocenters. The van der Waals surface area contributed by atoms with Crippen LogP contribution >= 0.6 is 0 Å². The van der Waals surface area contributed by atoms with Crippen molar-refractivity contribution in [2.75, 3.05) is 0 Å². The van der Waals surface area contributed by atoms with Crippen LogP contribution in [0.15, 0.2) is 18.2 Å². The van der Waals surface area contributed by atoms with Gasteiger partial charge in [-0.15, -0.1) is 0 Å². The van der Waals surface area contributed by atoms with E-state index in [4.69, 9.17) is 10.5 Å². The molecule has 0 saturated heterocycles. The van der Waals surface area contributed by atoms with Gasteiger partial charge in [0.1, 0.15) is 5.75 Å². The van der Waals surface area contributed by atoms with Gasteiger partial charge >= 0.3 is 0 Å². The van der Waals surface area contributed by atoms with Gasteiger partial charge in [-0.05, 0) is 51.3 Å². The van der Waals surface area contributed by atoms with E-state index in [-0.39, 0.29) is 6.04 Å². The minimum Gasteiger partial charge on any atom is -0.439 e. The van der Waals surface area contributed by atoms with Gasteiger partial charge in [-0.25, -0.2) is 4.68 Å². The lowest BCUT2D eigenvalue weighted by atomic mass is 10.1. The van der Waals surface area contributed by atoms with Crippen LogP contribution in [-0.4, -0.2) is 15.8 Å². The molecule has 0 saturated carbocycles. The fourth-order valence-electron chi connectivity index (χ4n) is 2.29. The van der Waals surface area contributed by atoms with Crippen LogP contribution in [0, 0.1) is 20.8 Å². The van der Waals surface area contributed by atoms with E-state index in [9.17, 15) is 0 Å². The number of nitrogens with two attached hydrogens (primary N) is 1. The second-order valence-electron chi connectivity index (χ2n) is 5.55. The molecule has 0 radical (unpaired) electrons. The molecule has 0 fully saturated rings. The van der Waals surface area contributed by atoms with Crippen molar-refractivity contribution in [3.05, 3.63) is 40.6 Å². The van der Waals surface area contributed by atoms with Gasteiger partial charge in [0, 0.05) is 18.7 Å². The SMILES string of the molecule is Cc1ccc(C)c(Oc2c(CC(C)N)c(C)nn2C)c1. The van der Waals surface area contributed by atoms with Crippen LogP contribution in [0.25, 0.3) is 0 Å². The first-order chi connectivity index (χ1) is 9.38. The van der Waals surface area contributed by atoms with Gasteiger partial charge in [0.05, 0.1) is 5.69 Å². The summed E-state index contributed by atoms with van der Waals surface area (Å²) in [5, 5.41) is 4.45. The van der Waals surface area contributed by atoms with Gasteiger partial charge in [0.25, 0.3) is 0 Å². The van der Waals surface area contributed by atoms with Gasteiger partial charge in [-0.3, -0.25) is 0 Å². The average molecular weight is 273 g/mol. The van der Waals surface area contributed by atoms with E-state index >= 15 is 0 Å². The summed E-state index contributed by atoms with van der Waals surface area (Å²) in [4.78, 5) is 0. The van der Waals surface area contributed by atoms with E-state index in [1.54, 1.807) is 4.68 Å². The van der Waals surface area contributed by atoms with E-state index in [1.165, 1.54) is 5.56 Å². The molecule has 0 aliphatic heterocycles. The van der Waals surface area contributed by atoms with Crippen LogP contribution in [0.5, 0.6) is 11.6 Å². The van der Waals surface area contributed by atoms with Crippen LogP contribution in [-0.2, 0) is 13.5 Å². The third-order valence-electron chi connectivity index (χ3n) is 3.37. The van der Waals surface area contributed by atoms with Crippen molar-refractivity contribution in [1.82, 2.24) is 9.78 Å². The van der Waals surface area contributed by atoms with E-state index < -0.39 is 0 Å². The monoisotopic (exact) mass is 273 g/mol. The Morgan fingerprint density at radius 2 is 2.00 bits per heavy atom. The summed E-state index contributed by atoms with van der Waals surface area (Å²) in [5.41, 5.74) is 10.3. The van der Waals surface area contributed by atoms with Crippen LogP contribution in [0.4, 0.5) is 0 Å². The predicted molar refractivity (Wildman–Crippen MR) is 81.3 cm³/mol. The first-order valence-corrected chi connectivity index (χ1v) is 6.91. The smallest absolute Gasteiger partial charge is 0.221 e. The van der Waals surface area contributed by atoms with Crippen LogP contribution in [0.1, 0.15) is 29.3 Å². The Morgan fingerprint density at radius 3 is 2.65 bits per heavy atom. The predicted octanol–water partition coefficient (Wildman–Crippen LogP) is 3.03. The minimum atomic E-state index is 0.0823. The summed E-state index contributed by atoms with van der Waals surface area (Å²) >= 11 is 0. The highest BCUT2D eigenvalue weighted by atomic mass is 16.5. The van der Waals surface area contributed by atoms with E-state index in [2.05, 4.69) is 24.2 Å². The van der Waals surface area contributed by atoms with Crippen molar-refractivity contribution in [3.8, 4) is 11.6 Å². The fourth-order valence-corrected chi connectivity index (χ4v) is 2.29. The minimum absolute atomic E-state index is 0.0823. The Hall–Kier alpha value is -1.81. The molecule has 2 rings (SSSR count). The molecule has 20 heavy (non-hydrogen) atoms. The summed E-state index contributed by atoms with van der Waals surface area (Å²) in [6.45, 7) is 8.09. The van der Waals surface area contributed by atoms with Crippen LogP contribution < -0.4 is 10.5 Å². The Balaban J connectivity index is 2.40. The van der Waals surface area contributed by atoms with E-state index in [0.717, 1.165) is 34.9 Å². The van der Waals surface area contributed by atoms with Crippen molar-refractivity contribution in [2.45, 2.75) is 40.2 Å². The number of aryl methyl sites for hydroxylation is 4. The maximum absolute atomic E-state index is 6.12. The Morgan fingerprint density at radius 1 is 1.30 bits per heavy atom. The molecule has 0 amide bonds. The summed E-state index contributed by atoms with van der Waals surface area (Å²) in [6.07, 6.45) is 0.764. The zero-order valence-corrected chi connectivity index (χ0v) is 12.9. The number of benzene rings is 1. The molecule has 108 valence electrons. The largest absolute Gasteiger partial charge is 0.439 e. The standard InChI is InChI=1S/C16H23N3O/c1-10-6-7-11(2)15(8-10)20-16-14(9-12(3)17)13(4)18-19(16)5/h6-8,12H,9,17H2,1-5H3. The third-order valence-corrected chi connectivity index (χ3v) is 3.37. The van der Waals surface area contributed by atoms with Gasteiger partial charge in [-0.1, -0.05) is 12.1 Å². The lowest BCUT2D eigenvalue weighted by Crippen LogP contribution is -2.18. The number of aromatic nitrogens is 2. The molecular formula is C16H23N3O. The number of hydrogen-bond donors (Lipinski definition) is 1. The molecule has 1 aromatic carbocycles. The van der Waals surface area contributed by atoms with Crippen molar-refractivity contribution >= 4 is 0 Å². The molecule has 2 aromatic rings. The topological polar surface area (TPSA) is 53.1 Å². The maximum Gasteiger partial charge on any atom is 0.221 e. The van der Waals surface area contributed by atoms with Crippen molar-refractivity contribution < 1.29 is 4.74 Å². The lowest BCUT2D eigenvalue weighted by molar-refractivity contribution is 0.421. The van der Waals surface area contributed by atoms with Crippen molar-refractivity contribution in [2.24, 2.45) is 12.8 Å². The molecule has 4 heteroatoms. The molecule has 1 unspecified atom stereocenters. The Bertz CT molecular complexity index is 614. The molecule has 0 aliphatic carbocycles. The molecule has 4 nitrogen and oxygen atoms in total. The highest BCUT2D eigenvalue weighted by molar-refractivity contribution is 5.41. The van der Waals surface area contributed by atoms with Gasteiger partial charge in [-0.2, -0.15) is 5.10 Å². The Kier molecular flexibility index (Phi) is 4.14. The van der Waals surface area contributed by atoms with Gasteiger partial charge in [0.2, 0.25) is 5.88 Å². The zero-order chi connectivity index (χ0) is 14.9. The Labute approximate surface area is 120 Å². The molecule has 0 spiro atoms. The van der Waals surface area contributed by atoms with Crippen LogP contribution in [0.2, 0.25) is 0 Å². The van der Waals surface area contributed by atoms with Gasteiger partial charge < -0.3 is 10.5 Å². The van der Waals surface area contributed by atoms with E-state index in [0.29, 0.717) is 0 Å². The van der Waals surface area contributed by atoms with Crippen molar-refractivity contribution in [3.63, 3.8) is 0 Å². The normalized spacial score (nSPS) is 12.5. The summed E-state index contributed by atoms with van der Waals surface area (Å²) in [5.74, 6) is 1.66. The van der Waals surface area contributed by atoms with Crippen LogP contribution in [0.3, 0.4) is 0 Å². The third kappa shape index (κ3) is 3.02. The molecule has 1 heterocycles. The first kappa shape index (κ1) is 14.6. The highest BCUT2D eigenvalue weighted by Crippen LogP contribution is 2.30. The van der Waals surface area contributed by atoms with Gasteiger partial charge in [0.15, 0.2) is 0 Å². The number of hydrogen-bond acceptors (Lipinski definition) is 3. The maximum atomic E-state index is 6.12. The highest BCUT2D eigenvalue weighted by Gasteiger charge is 2.17. The second kappa shape index (κ2) is 5.67. The number of ether oxygens (including phenoxy) is 1. The molecule has 0 bridgehead atoms. The first-order valence-electron chi connectivity index (χ1n) is 6.91. The fraction of sp³-hybridized carbons (Fsp3) is 0.438. The molecular weight excluding hydrogens is 250 g/mol. The van der Waals surface area contributed by atoms with E-state index in [1.807, 2.05) is 33.9 Å². The summed E-state index contributed by atoms with van der Waals surface area (Å²) in [6, 6.07) is 6.28. The van der Waals surface area contributed by atoms with Crippen molar-refractivity contribution in [1.29, 1.82) is 0 Å². The summed E-state index contributed by atoms with van der Waals surface area (Å²) in [7, 11) is 1.90. The molecule has 0 aliphatic rings.